The number of hydrogen-bond acceptors (Lipinski definition) is 3. The normalized spacial score (nSPS) is 15.8. The molecule has 0 unspecified atom stereocenters. The smallest absolute Gasteiger partial charge is 0.120 e. The Morgan fingerprint density at radius 3 is 2.84 bits per heavy atom. The summed E-state index contributed by atoms with van der Waals surface area (Å²) in [6.45, 7) is 6.43. The Labute approximate surface area is 120 Å². The molecule has 0 amide bonds. The fraction of sp³-hybridized carbons (Fsp3) is 0.600. The maximum Gasteiger partial charge on any atom is 0.120 e. The number of hydrogen-bond donors (Lipinski definition) is 1. The van der Waals surface area contributed by atoms with Gasteiger partial charge in [0.05, 0.1) is 0 Å². The summed E-state index contributed by atoms with van der Waals surface area (Å²) in [6, 6.07) is 7.53. The lowest BCUT2D eigenvalue weighted by molar-refractivity contribution is 0.305. The minimum Gasteiger partial charge on any atom is -0.492 e. The van der Waals surface area contributed by atoms with Crippen LogP contribution in [0.1, 0.15) is 19.3 Å². The Bertz CT molecular complexity index is 367. The van der Waals surface area contributed by atoms with Crippen molar-refractivity contribution in [3.05, 3.63) is 29.3 Å². The van der Waals surface area contributed by atoms with Gasteiger partial charge in [0.25, 0.3) is 0 Å². The standard InChI is InChI=1S/C15H23ClN2O/c16-14-5-3-6-15(13-14)19-12-8-17-7-4-11-18-9-1-2-10-18/h3,5-6,13,17H,1-2,4,7-12H2. The molecule has 3 nitrogen and oxygen atoms in total. The van der Waals surface area contributed by atoms with Crippen LogP contribution in [0.5, 0.6) is 5.75 Å². The molecular formula is C15H23ClN2O. The minimum atomic E-state index is 0.685. The van der Waals surface area contributed by atoms with E-state index in [-0.39, 0.29) is 0 Å². The third kappa shape index (κ3) is 5.81. The first-order valence-electron chi connectivity index (χ1n) is 7.16. The Morgan fingerprint density at radius 1 is 1.21 bits per heavy atom. The lowest BCUT2D eigenvalue weighted by Gasteiger charge is -2.14. The molecule has 0 saturated carbocycles. The van der Waals surface area contributed by atoms with Gasteiger partial charge in [0.15, 0.2) is 0 Å². The molecule has 1 fully saturated rings. The fourth-order valence-corrected chi connectivity index (χ4v) is 2.54. The molecule has 0 atom stereocenters. The summed E-state index contributed by atoms with van der Waals surface area (Å²) in [4.78, 5) is 2.55. The monoisotopic (exact) mass is 282 g/mol. The van der Waals surface area contributed by atoms with Crippen LogP contribution in [-0.2, 0) is 0 Å². The summed E-state index contributed by atoms with van der Waals surface area (Å²) in [7, 11) is 0. The Morgan fingerprint density at radius 2 is 2.05 bits per heavy atom. The van der Waals surface area contributed by atoms with E-state index in [1.807, 2.05) is 24.3 Å². The van der Waals surface area contributed by atoms with Crippen molar-refractivity contribution in [1.82, 2.24) is 10.2 Å². The zero-order valence-electron chi connectivity index (χ0n) is 11.4. The van der Waals surface area contributed by atoms with Crippen LogP contribution >= 0.6 is 11.6 Å². The van der Waals surface area contributed by atoms with Crippen LogP contribution in [0.15, 0.2) is 24.3 Å². The molecule has 0 radical (unpaired) electrons. The van der Waals surface area contributed by atoms with E-state index in [2.05, 4.69) is 10.2 Å². The van der Waals surface area contributed by atoms with E-state index in [0.717, 1.165) is 23.9 Å². The predicted molar refractivity (Wildman–Crippen MR) is 80.1 cm³/mol. The van der Waals surface area contributed by atoms with Gasteiger partial charge >= 0.3 is 0 Å². The number of nitrogens with zero attached hydrogens (tertiary/aromatic N) is 1. The topological polar surface area (TPSA) is 24.5 Å². The minimum absolute atomic E-state index is 0.685. The molecule has 0 aliphatic carbocycles. The Kier molecular flexibility index (Phi) is 6.48. The van der Waals surface area contributed by atoms with Gasteiger partial charge in [-0.1, -0.05) is 17.7 Å². The van der Waals surface area contributed by atoms with E-state index in [9.17, 15) is 0 Å². The van der Waals surface area contributed by atoms with Crippen LogP contribution in [0.3, 0.4) is 0 Å². The third-order valence-electron chi connectivity index (χ3n) is 3.37. The molecule has 2 rings (SSSR count). The largest absolute Gasteiger partial charge is 0.492 e. The Hall–Kier alpha value is -0.770. The molecule has 0 aromatic heterocycles. The number of rotatable bonds is 8. The maximum absolute atomic E-state index is 5.89. The number of halogens is 1. The van der Waals surface area contributed by atoms with E-state index in [0.29, 0.717) is 6.61 Å². The number of nitrogens with one attached hydrogen (secondary N) is 1. The average Bonchev–Trinajstić information content (AvgIpc) is 2.91. The van der Waals surface area contributed by atoms with Crippen LogP contribution in [0, 0.1) is 0 Å². The van der Waals surface area contributed by atoms with Crippen molar-refractivity contribution in [2.75, 3.05) is 39.3 Å². The van der Waals surface area contributed by atoms with Crippen LogP contribution in [-0.4, -0.2) is 44.2 Å². The first-order chi connectivity index (χ1) is 9.34. The summed E-state index contributed by atoms with van der Waals surface area (Å²) in [6.07, 6.45) is 3.97. The molecule has 19 heavy (non-hydrogen) atoms. The highest BCUT2D eigenvalue weighted by molar-refractivity contribution is 6.30. The molecular weight excluding hydrogens is 260 g/mol. The highest BCUT2D eigenvalue weighted by Crippen LogP contribution is 2.16. The summed E-state index contributed by atoms with van der Waals surface area (Å²) < 4.78 is 5.61. The van der Waals surface area contributed by atoms with E-state index >= 15 is 0 Å². The van der Waals surface area contributed by atoms with Crippen molar-refractivity contribution in [3.8, 4) is 5.75 Å². The van der Waals surface area contributed by atoms with Gasteiger partial charge in [-0.15, -0.1) is 0 Å². The van der Waals surface area contributed by atoms with Crippen molar-refractivity contribution in [3.63, 3.8) is 0 Å². The van der Waals surface area contributed by atoms with Crippen LogP contribution in [0.25, 0.3) is 0 Å². The molecule has 4 heteroatoms. The highest BCUT2D eigenvalue weighted by atomic mass is 35.5. The lowest BCUT2D eigenvalue weighted by Crippen LogP contribution is -2.27. The number of likely N-dealkylation sites (tertiary alicyclic amines) is 1. The van der Waals surface area contributed by atoms with Gasteiger partial charge in [0.2, 0.25) is 0 Å². The van der Waals surface area contributed by atoms with Gasteiger partial charge in [-0.05, 0) is 63.6 Å². The van der Waals surface area contributed by atoms with Crippen LogP contribution < -0.4 is 10.1 Å². The predicted octanol–water partition coefficient (Wildman–Crippen LogP) is 2.79. The van der Waals surface area contributed by atoms with E-state index in [1.54, 1.807) is 0 Å². The van der Waals surface area contributed by atoms with Gasteiger partial charge < -0.3 is 15.0 Å². The fourth-order valence-electron chi connectivity index (χ4n) is 2.36. The van der Waals surface area contributed by atoms with Crippen LogP contribution in [0.4, 0.5) is 0 Å². The molecule has 0 bridgehead atoms. The van der Waals surface area contributed by atoms with E-state index in [4.69, 9.17) is 16.3 Å². The van der Waals surface area contributed by atoms with Crippen LogP contribution in [0.2, 0.25) is 5.02 Å². The van der Waals surface area contributed by atoms with Gasteiger partial charge in [-0.2, -0.15) is 0 Å². The molecule has 1 aromatic rings. The second-order valence-electron chi connectivity index (χ2n) is 4.96. The van der Waals surface area contributed by atoms with Gasteiger partial charge in [0, 0.05) is 11.6 Å². The quantitative estimate of drug-likeness (QED) is 0.742. The second-order valence-corrected chi connectivity index (χ2v) is 5.39. The zero-order chi connectivity index (χ0) is 13.3. The third-order valence-corrected chi connectivity index (χ3v) is 3.61. The highest BCUT2D eigenvalue weighted by Gasteiger charge is 2.09. The molecule has 1 saturated heterocycles. The molecule has 1 aromatic carbocycles. The summed E-state index contributed by atoms with van der Waals surface area (Å²) in [5.41, 5.74) is 0. The van der Waals surface area contributed by atoms with Gasteiger partial charge in [-0.3, -0.25) is 0 Å². The van der Waals surface area contributed by atoms with E-state index in [1.165, 1.54) is 38.9 Å². The van der Waals surface area contributed by atoms with Crippen molar-refractivity contribution < 1.29 is 4.74 Å². The van der Waals surface area contributed by atoms with Gasteiger partial charge in [0.1, 0.15) is 12.4 Å². The zero-order valence-corrected chi connectivity index (χ0v) is 12.2. The summed E-state index contributed by atoms with van der Waals surface area (Å²) in [5.74, 6) is 0.839. The first kappa shape index (κ1) is 14.6. The SMILES string of the molecule is Clc1cccc(OCCNCCCN2CCCC2)c1. The number of benzene rings is 1. The van der Waals surface area contributed by atoms with Crippen molar-refractivity contribution >= 4 is 11.6 Å². The molecule has 1 heterocycles. The molecule has 1 aliphatic rings. The first-order valence-corrected chi connectivity index (χ1v) is 7.54. The maximum atomic E-state index is 5.89. The summed E-state index contributed by atoms with van der Waals surface area (Å²) >= 11 is 5.89. The van der Waals surface area contributed by atoms with Crippen molar-refractivity contribution in [2.45, 2.75) is 19.3 Å². The number of ether oxygens (including phenoxy) is 1. The van der Waals surface area contributed by atoms with Gasteiger partial charge in [-0.25, -0.2) is 0 Å². The van der Waals surface area contributed by atoms with Crippen molar-refractivity contribution in [1.29, 1.82) is 0 Å². The van der Waals surface area contributed by atoms with Crippen molar-refractivity contribution in [2.24, 2.45) is 0 Å². The average molecular weight is 283 g/mol. The molecule has 0 spiro atoms. The second kappa shape index (κ2) is 8.41. The molecule has 106 valence electrons. The summed E-state index contributed by atoms with van der Waals surface area (Å²) in [5, 5.41) is 4.13. The molecule has 1 N–H and O–H groups in total. The lowest BCUT2D eigenvalue weighted by atomic mass is 10.3. The van der Waals surface area contributed by atoms with E-state index < -0.39 is 0 Å². The molecule has 1 aliphatic heterocycles. The Balaban J connectivity index is 1.46.